The van der Waals surface area contributed by atoms with Crippen LogP contribution >= 0.6 is 0 Å². The SMILES string of the molecule is CC1CCCCC1NC(=O)c1ccc(-n2ccnc2)cc1. The first-order chi connectivity index (χ1) is 10.2. The van der Waals surface area contributed by atoms with E-state index in [9.17, 15) is 4.79 Å². The fraction of sp³-hybridized carbons (Fsp3) is 0.412. The lowest BCUT2D eigenvalue weighted by Crippen LogP contribution is -2.41. The van der Waals surface area contributed by atoms with Crippen molar-refractivity contribution in [2.24, 2.45) is 5.92 Å². The summed E-state index contributed by atoms with van der Waals surface area (Å²) in [5.41, 5.74) is 1.73. The van der Waals surface area contributed by atoms with Crippen LogP contribution in [0.15, 0.2) is 43.0 Å². The molecule has 0 spiro atoms. The van der Waals surface area contributed by atoms with Crippen LogP contribution in [-0.4, -0.2) is 21.5 Å². The van der Waals surface area contributed by atoms with Gasteiger partial charge in [-0.15, -0.1) is 0 Å². The lowest BCUT2D eigenvalue weighted by molar-refractivity contribution is 0.0910. The highest BCUT2D eigenvalue weighted by atomic mass is 16.1. The largest absolute Gasteiger partial charge is 0.349 e. The Kier molecular flexibility index (Phi) is 4.04. The maximum Gasteiger partial charge on any atom is 0.251 e. The Labute approximate surface area is 125 Å². The van der Waals surface area contributed by atoms with Crippen molar-refractivity contribution in [3.63, 3.8) is 0 Å². The van der Waals surface area contributed by atoms with Crippen molar-refractivity contribution in [2.45, 2.75) is 38.6 Å². The van der Waals surface area contributed by atoms with Crippen molar-refractivity contribution < 1.29 is 4.79 Å². The van der Waals surface area contributed by atoms with Crippen molar-refractivity contribution in [1.82, 2.24) is 14.9 Å². The predicted octanol–water partition coefficient (Wildman–Crippen LogP) is 3.18. The number of aromatic nitrogens is 2. The Bertz CT molecular complexity index is 589. The number of carbonyl (C=O) groups is 1. The van der Waals surface area contributed by atoms with Crippen molar-refractivity contribution in [3.8, 4) is 5.69 Å². The van der Waals surface area contributed by atoms with Gasteiger partial charge in [0.15, 0.2) is 0 Å². The summed E-state index contributed by atoms with van der Waals surface area (Å²) in [6.45, 7) is 2.23. The van der Waals surface area contributed by atoms with Gasteiger partial charge < -0.3 is 9.88 Å². The topological polar surface area (TPSA) is 46.9 Å². The molecule has 0 saturated heterocycles. The third kappa shape index (κ3) is 3.15. The fourth-order valence-electron chi connectivity index (χ4n) is 2.98. The first-order valence-electron chi connectivity index (χ1n) is 7.63. The molecule has 3 rings (SSSR count). The molecule has 1 aromatic carbocycles. The second-order valence-corrected chi connectivity index (χ2v) is 5.86. The van der Waals surface area contributed by atoms with Crippen LogP contribution in [0, 0.1) is 5.92 Å². The van der Waals surface area contributed by atoms with Crippen LogP contribution in [0.5, 0.6) is 0 Å². The quantitative estimate of drug-likeness (QED) is 0.940. The molecule has 2 aromatic rings. The summed E-state index contributed by atoms with van der Waals surface area (Å²) in [6.07, 6.45) is 10.2. The first-order valence-corrected chi connectivity index (χ1v) is 7.63. The Hall–Kier alpha value is -2.10. The van der Waals surface area contributed by atoms with E-state index in [2.05, 4.69) is 17.2 Å². The molecule has 1 N–H and O–H groups in total. The highest BCUT2D eigenvalue weighted by molar-refractivity contribution is 5.94. The number of benzene rings is 1. The number of hydrogen-bond acceptors (Lipinski definition) is 2. The molecule has 0 aliphatic heterocycles. The number of nitrogens with zero attached hydrogens (tertiary/aromatic N) is 2. The summed E-state index contributed by atoms with van der Waals surface area (Å²) < 4.78 is 1.92. The number of amides is 1. The maximum atomic E-state index is 12.3. The van der Waals surface area contributed by atoms with Crippen LogP contribution < -0.4 is 5.32 Å². The standard InChI is InChI=1S/C17H21N3O/c1-13-4-2-3-5-16(13)19-17(21)14-6-8-15(9-7-14)20-11-10-18-12-20/h6-13,16H,2-5H2,1H3,(H,19,21). The van der Waals surface area contributed by atoms with E-state index in [1.165, 1.54) is 19.3 Å². The maximum absolute atomic E-state index is 12.3. The van der Waals surface area contributed by atoms with Crippen molar-refractivity contribution in [1.29, 1.82) is 0 Å². The summed E-state index contributed by atoms with van der Waals surface area (Å²) >= 11 is 0. The highest BCUT2D eigenvalue weighted by Gasteiger charge is 2.23. The second-order valence-electron chi connectivity index (χ2n) is 5.86. The highest BCUT2D eigenvalue weighted by Crippen LogP contribution is 2.24. The van der Waals surface area contributed by atoms with E-state index in [1.54, 1.807) is 12.5 Å². The summed E-state index contributed by atoms with van der Waals surface area (Å²) in [6, 6.07) is 7.96. The zero-order valence-electron chi connectivity index (χ0n) is 12.3. The Morgan fingerprint density at radius 1 is 1.24 bits per heavy atom. The van der Waals surface area contributed by atoms with Crippen LogP contribution in [0.3, 0.4) is 0 Å². The van der Waals surface area contributed by atoms with Gasteiger partial charge in [-0.1, -0.05) is 19.8 Å². The average molecular weight is 283 g/mol. The molecule has 1 heterocycles. The molecule has 1 aromatic heterocycles. The van der Waals surface area contributed by atoms with Gasteiger partial charge in [-0.25, -0.2) is 4.98 Å². The summed E-state index contributed by atoms with van der Waals surface area (Å²) in [4.78, 5) is 16.4. The Morgan fingerprint density at radius 2 is 2.00 bits per heavy atom. The van der Waals surface area contributed by atoms with Gasteiger partial charge in [-0.3, -0.25) is 4.79 Å². The smallest absolute Gasteiger partial charge is 0.251 e. The molecule has 0 radical (unpaired) electrons. The lowest BCUT2D eigenvalue weighted by Gasteiger charge is -2.29. The average Bonchev–Trinajstić information content (AvgIpc) is 3.04. The predicted molar refractivity (Wildman–Crippen MR) is 82.5 cm³/mol. The van der Waals surface area contributed by atoms with Crippen LogP contribution in [-0.2, 0) is 0 Å². The van der Waals surface area contributed by atoms with E-state index < -0.39 is 0 Å². The molecule has 4 heteroatoms. The van der Waals surface area contributed by atoms with Crippen molar-refractivity contribution >= 4 is 5.91 Å². The van der Waals surface area contributed by atoms with E-state index >= 15 is 0 Å². The van der Waals surface area contributed by atoms with Gasteiger partial charge in [0, 0.05) is 29.7 Å². The monoisotopic (exact) mass is 283 g/mol. The zero-order chi connectivity index (χ0) is 14.7. The Morgan fingerprint density at radius 3 is 2.67 bits per heavy atom. The second kappa shape index (κ2) is 6.12. The summed E-state index contributed by atoms with van der Waals surface area (Å²) in [5, 5.41) is 3.18. The molecule has 1 aliphatic carbocycles. The minimum Gasteiger partial charge on any atom is -0.349 e. The minimum absolute atomic E-state index is 0.0333. The number of imidazole rings is 1. The molecular formula is C17H21N3O. The number of nitrogens with one attached hydrogen (secondary N) is 1. The van der Waals surface area contributed by atoms with E-state index in [1.807, 2.05) is 35.0 Å². The Balaban J connectivity index is 1.67. The van der Waals surface area contributed by atoms with Gasteiger partial charge in [-0.2, -0.15) is 0 Å². The molecule has 1 amide bonds. The fourth-order valence-corrected chi connectivity index (χ4v) is 2.98. The molecule has 2 unspecified atom stereocenters. The molecule has 2 atom stereocenters. The van der Waals surface area contributed by atoms with E-state index in [0.29, 0.717) is 12.0 Å². The number of rotatable bonds is 3. The third-order valence-electron chi connectivity index (χ3n) is 4.36. The molecular weight excluding hydrogens is 262 g/mol. The van der Waals surface area contributed by atoms with E-state index in [4.69, 9.17) is 0 Å². The number of carbonyl (C=O) groups excluding carboxylic acids is 1. The molecule has 1 saturated carbocycles. The zero-order valence-corrected chi connectivity index (χ0v) is 12.3. The third-order valence-corrected chi connectivity index (χ3v) is 4.36. The molecule has 1 aliphatic rings. The lowest BCUT2D eigenvalue weighted by atomic mass is 9.86. The number of hydrogen-bond donors (Lipinski definition) is 1. The van der Waals surface area contributed by atoms with Crippen LogP contribution in [0.4, 0.5) is 0 Å². The van der Waals surface area contributed by atoms with Crippen molar-refractivity contribution in [3.05, 3.63) is 48.5 Å². The molecule has 1 fully saturated rings. The van der Waals surface area contributed by atoms with Crippen LogP contribution in [0.25, 0.3) is 5.69 Å². The molecule has 4 nitrogen and oxygen atoms in total. The van der Waals surface area contributed by atoms with Gasteiger partial charge in [0.1, 0.15) is 0 Å². The normalized spacial score (nSPS) is 22.0. The van der Waals surface area contributed by atoms with Gasteiger partial charge in [0.2, 0.25) is 0 Å². The van der Waals surface area contributed by atoms with Crippen molar-refractivity contribution in [2.75, 3.05) is 0 Å². The van der Waals surface area contributed by atoms with Gasteiger partial charge in [0.25, 0.3) is 5.91 Å². The van der Waals surface area contributed by atoms with Crippen LogP contribution in [0.1, 0.15) is 43.0 Å². The summed E-state index contributed by atoms with van der Waals surface area (Å²) in [5.74, 6) is 0.610. The van der Waals surface area contributed by atoms with Crippen LogP contribution in [0.2, 0.25) is 0 Å². The first kappa shape index (κ1) is 13.9. The molecule has 0 bridgehead atoms. The van der Waals surface area contributed by atoms with Gasteiger partial charge in [0.05, 0.1) is 6.33 Å². The van der Waals surface area contributed by atoms with Gasteiger partial charge in [-0.05, 0) is 43.0 Å². The van der Waals surface area contributed by atoms with E-state index in [0.717, 1.165) is 17.7 Å². The van der Waals surface area contributed by atoms with Gasteiger partial charge >= 0.3 is 0 Å². The summed E-state index contributed by atoms with van der Waals surface area (Å²) in [7, 11) is 0. The minimum atomic E-state index is 0.0333. The van der Waals surface area contributed by atoms with E-state index in [-0.39, 0.29) is 5.91 Å². The molecule has 21 heavy (non-hydrogen) atoms. The molecule has 110 valence electrons.